The molecule has 1 heterocycles. The SMILES string of the molecule is CC(C)c1c(C#N)cnn1-c1ccccc1Cl. The van der Waals surface area contributed by atoms with E-state index in [-0.39, 0.29) is 5.92 Å². The summed E-state index contributed by atoms with van der Waals surface area (Å²) in [6, 6.07) is 9.64. The Morgan fingerprint density at radius 1 is 1.35 bits per heavy atom. The van der Waals surface area contributed by atoms with Crippen LogP contribution in [0.15, 0.2) is 30.5 Å². The molecule has 0 saturated heterocycles. The molecule has 3 nitrogen and oxygen atoms in total. The maximum Gasteiger partial charge on any atom is 0.103 e. The van der Waals surface area contributed by atoms with Crippen molar-refractivity contribution in [2.75, 3.05) is 0 Å². The lowest BCUT2D eigenvalue weighted by atomic mass is 10.1. The fourth-order valence-corrected chi connectivity index (χ4v) is 2.03. The topological polar surface area (TPSA) is 41.6 Å². The lowest BCUT2D eigenvalue weighted by Gasteiger charge is -2.11. The highest BCUT2D eigenvalue weighted by Gasteiger charge is 2.16. The first kappa shape index (κ1) is 11.7. The Kier molecular flexibility index (Phi) is 3.16. The van der Waals surface area contributed by atoms with Crippen molar-refractivity contribution < 1.29 is 0 Å². The van der Waals surface area contributed by atoms with Crippen LogP contribution in [0.5, 0.6) is 0 Å². The summed E-state index contributed by atoms with van der Waals surface area (Å²) in [4.78, 5) is 0. The van der Waals surface area contributed by atoms with Crippen LogP contribution in [-0.2, 0) is 0 Å². The van der Waals surface area contributed by atoms with Crippen molar-refractivity contribution in [1.82, 2.24) is 9.78 Å². The molecular weight excluding hydrogens is 234 g/mol. The molecule has 0 spiro atoms. The van der Waals surface area contributed by atoms with Crippen molar-refractivity contribution in [3.63, 3.8) is 0 Å². The molecule has 86 valence electrons. The van der Waals surface area contributed by atoms with Gasteiger partial charge in [0.15, 0.2) is 0 Å². The quantitative estimate of drug-likeness (QED) is 0.812. The average molecular weight is 246 g/mol. The molecular formula is C13H12ClN3. The Morgan fingerprint density at radius 3 is 2.65 bits per heavy atom. The van der Waals surface area contributed by atoms with Gasteiger partial charge in [-0.1, -0.05) is 37.6 Å². The maximum atomic E-state index is 9.06. The standard InChI is InChI=1S/C13H12ClN3/c1-9(2)13-10(7-15)8-16-17(13)12-6-4-3-5-11(12)14/h3-6,8-9H,1-2H3. The van der Waals surface area contributed by atoms with Gasteiger partial charge in [0.2, 0.25) is 0 Å². The second-order valence-electron chi connectivity index (χ2n) is 4.07. The third-order valence-electron chi connectivity index (χ3n) is 2.55. The molecule has 2 rings (SSSR count). The highest BCUT2D eigenvalue weighted by molar-refractivity contribution is 6.32. The third kappa shape index (κ3) is 2.04. The molecule has 2 aromatic rings. The summed E-state index contributed by atoms with van der Waals surface area (Å²) >= 11 is 6.14. The zero-order valence-electron chi connectivity index (χ0n) is 9.68. The van der Waals surface area contributed by atoms with Crippen LogP contribution in [0, 0.1) is 11.3 Å². The summed E-state index contributed by atoms with van der Waals surface area (Å²) in [5.74, 6) is 0.212. The molecule has 0 aliphatic carbocycles. The number of hydrogen-bond acceptors (Lipinski definition) is 2. The molecule has 1 aromatic carbocycles. The Bertz CT molecular complexity index is 579. The Balaban J connectivity index is 2.66. The normalized spacial score (nSPS) is 10.5. The van der Waals surface area contributed by atoms with Crippen LogP contribution in [0.1, 0.15) is 31.0 Å². The van der Waals surface area contributed by atoms with Crippen molar-refractivity contribution in [2.24, 2.45) is 0 Å². The summed E-state index contributed by atoms with van der Waals surface area (Å²) in [5.41, 5.74) is 2.29. The van der Waals surface area contributed by atoms with Gasteiger partial charge in [-0.25, -0.2) is 4.68 Å². The van der Waals surface area contributed by atoms with Crippen LogP contribution < -0.4 is 0 Å². The molecule has 0 aliphatic heterocycles. The molecule has 0 bridgehead atoms. The zero-order valence-corrected chi connectivity index (χ0v) is 10.4. The first-order valence-electron chi connectivity index (χ1n) is 5.38. The predicted octanol–water partition coefficient (Wildman–Crippen LogP) is 3.52. The fourth-order valence-electron chi connectivity index (χ4n) is 1.82. The van der Waals surface area contributed by atoms with Crippen molar-refractivity contribution in [1.29, 1.82) is 5.26 Å². The Hall–Kier alpha value is -1.79. The Labute approximate surface area is 105 Å². The zero-order chi connectivity index (χ0) is 12.4. The molecule has 0 fully saturated rings. The van der Waals surface area contributed by atoms with Crippen LogP contribution in [-0.4, -0.2) is 9.78 Å². The van der Waals surface area contributed by atoms with E-state index in [1.165, 1.54) is 0 Å². The molecule has 1 aromatic heterocycles. The minimum absolute atomic E-state index is 0.212. The number of halogens is 1. The van der Waals surface area contributed by atoms with E-state index >= 15 is 0 Å². The van der Waals surface area contributed by atoms with Crippen LogP contribution in [0.3, 0.4) is 0 Å². The largest absolute Gasteiger partial charge is 0.235 e. The molecule has 0 amide bonds. The molecule has 0 N–H and O–H groups in total. The summed E-state index contributed by atoms with van der Waals surface area (Å²) in [7, 11) is 0. The van der Waals surface area contributed by atoms with E-state index in [2.05, 4.69) is 11.2 Å². The van der Waals surface area contributed by atoms with Gasteiger partial charge in [-0.05, 0) is 18.1 Å². The van der Waals surface area contributed by atoms with Gasteiger partial charge < -0.3 is 0 Å². The van der Waals surface area contributed by atoms with Crippen LogP contribution in [0.2, 0.25) is 5.02 Å². The maximum absolute atomic E-state index is 9.06. The van der Waals surface area contributed by atoms with Gasteiger partial charge in [0.1, 0.15) is 6.07 Å². The van der Waals surface area contributed by atoms with E-state index in [1.807, 2.05) is 38.1 Å². The molecule has 0 radical (unpaired) electrons. The first-order valence-corrected chi connectivity index (χ1v) is 5.76. The predicted molar refractivity (Wildman–Crippen MR) is 67.4 cm³/mol. The lowest BCUT2D eigenvalue weighted by molar-refractivity contribution is 0.733. The van der Waals surface area contributed by atoms with Crippen molar-refractivity contribution >= 4 is 11.6 Å². The van der Waals surface area contributed by atoms with Gasteiger partial charge in [-0.3, -0.25) is 0 Å². The van der Waals surface area contributed by atoms with Crippen LogP contribution >= 0.6 is 11.6 Å². The third-order valence-corrected chi connectivity index (χ3v) is 2.87. The summed E-state index contributed by atoms with van der Waals surface area (Å²) in [6.07, 6.45) is 1.58. The van der Waals surface area contributed by atoms with Crippen LogP contribution in [0.4, 0.5) is 0 Å². The smallest absolute Gasteiger partial charge is 0.103 e. The minimum Gasteiger partial charge on any atom is -0.235 e. The highest BCUT2D eigenvalue weighted by Crippen LogP contribution is 2.26. The Morgan fingerprint density at radius 2 is 2.06 bits per heavy atom. The number of para-hydroxylation sites is 1. The first-order chi connectivity index (χ1) is 8.15. The second kappa shape index (κ2) is 4.60. The van der Waals surface area contributed by atoms with Crippen molar-refractivity contribution in [3.8, 4) is 11.8 Å². The number of hydrogen-bond donors (Lipinski definition) is 0. The lowest BCUT2D eigenvalue weighted by Crippen LogP contribution is -2.05. The summed E-state index contributed by atoms with van der Waals surface area (Å²) in [5, 5.41) is 13.9. The molecule has 0 atom stereocenters. The molecule has 0 saturated carbocycles. The number of nitriles is 1. The van der Waals surface area contributed by atoms with Gasteiger partial charge in [0.25, 0.3) is 0 Å². The van der Waals surface area contributed by atoms with Gasteiger partial charge in [0.05, 0.1) is 28.2 Å². The minimum atomic E-state index is 0.212. The molecule has 17 heavy (non-hydrogen) atoms. The second-order valence-corrected chi connectivity index (χ2v) is 4.48. The average Bonchev–Trinajstić information content (AvgIpc) is 2.73. The van der Waals surface area contributed by atoms with E-state index in [9.17, 15) is 0 Å². The van der Waals surface area contributed by atoms with Gasteiger partial charge in [0, 0.05) is 0 Å². The van der Waals surface area contributed by atoms with Gasteiger partial charge in [-0.15, -0.1) is 0 Å². The monoisotopic (exact) mass is 245 g/mol. The van der Waals surface area contributed by atoms with E-state index in [1.54, 1.807) is 10.9 Å². The van der Waals surface area contributed by atoms with E-state index in [0.717, 1.165) is 11.4 Å². The number of aromatic nitrogens is 2. The summed E-state index contributed by atoms with van der Waals surface area (Å²) in [6.45, 7) is 4.07. The van der Waals surface area contributed by atoms with E-state index in [4.69, 9.17) is 16.9 Å². The van der Waals surface area contributed by atoms with Crippen LogP contribution in [0.25, 0.3) is 5.69 Å². The fraction of sp³-hybridized carbons (Fsp3) is 0.231. The number of benzene rings is 1. The number of nitrogens with zero attached hydrogens (tertiary/aromatic N) is 3. The molecule has 4 heteroatoms. The van der Waals surface area contributed by atoms with Crippen molar-refractivity contribution in [3.05, 3.63) is 46.7 Å². The molecule has 0 aliphatic rings. The molecule has 0 unspecified atom stereocenters. The summed E-state index contributed by atoms with van der Waals surface area (Å²) < 4.78 is 1.74. The van der Waals surface area contributed by atoms with Crippen molar-refractivity contribution in [2.45, 2.75) is 19.8 Å². The van der Waals surface area contributed by atoms with E-state index in [0.29, 0.717) is 10.6 Å². The van der Waals surface area contributed by atoms with E-state index < -0.39 is 0 Å². The van der Waals surface area contributed by atoms with Gasteiger partial charge >= 0.3 is 0 Å². The van der Waals surface area contributed by atoms with Gasteiger partial charge in [-0.2, -0.15) is 10.4 Å². The highest BCUT2D eigenvalue weighted by atomic mass is 35.5. The number of rotatable bonds is 2.